The van der Waals surface area contributed by atoms with E-state index in [-0.39, 0.29) is 16.7 Å². The summed E-state index contributed by atoms with van der Waals surface area (Å²) < 4.78 is 0.0564. The van der Waals surface area contributed by atoms with Crippen LogP contribution in [0.25, 0.3) is 0 Å². The van der Waals surface area contributed by atoms with Crippen molar-refractivity contribution in [3.05, 3.63) is 0 Å². The molecule has 0 aliphatic carbocycles. The molecule has 2 atom stereocenters. The number of carboxylic acids is 1. The molecule has 1 rings (SSSR count). The number of nitrogens with zero attached hydrogens (tertiary/aromatic N) is 1. The Labute approximate surface area is 113 Å². The third-order valence-corrected chi connectivity index (χ3v) is 4.44. The minimum absolute atomic E-state index is 0.0564. The van der Waals surface area contributed by atoms with Gasteiger partial charge in [-0.25, -0.2) is 0 Å². The Bertz CT molecular complexity index is 325. The van der Waals surface area contributed by atoms with E-state index < -0.39 is 11.9 Å². The van der Waals surface area contributed by atoms with Crippen molar-refractivity contribution in [3.63, 3.8) is 0 Å². The highest BCUT2D eigenvalue weighted by Gasteiger charge is 2.32. The SMILES string of the molecule is CC1CCC(C(=O)O)CN1C(=O)CSC(C)(C)C. The summed E-state index contributed by atoms with van der Waals surface area (Å²) in [5, 5.41) is 9.04. The average Bonchev–Trinajstić information content (AvgIpc) is 2.25. The first kappa shape index (κ1) is 15.3. The predicted molar refractivity (Wildman–Crippen MR) is 73.7 cm³/mol. The van der Waals surface area contributed by atoms with Crippen LogP contribution in [0.15, 0.2) is 0 Å². The molecule has 0 aromatic heterocycles. The van der Waals surface area contributed by atoms with E-state index in [1.165, 1.54) is 0 Å². The van der Waals surface area contributed by atoms with Crippen LogP contribution in [0.1, 0.15) is 40.5 Å². The van der Waals surface area contributed by atoms with E-state index in [0.717, 1.165) is 6.42 Å². The van der Waals surface area contributed by atoms with Gasteiger partial charge in [-0.05, 0) is 19.8 Å². The number of carboxylic acid groups (broad SMARTS) is 1. The molecule has 1 fully saturated rings. The summed E-state index contributed by atoms with van der Waals surface area (Å²) >= 11 is 1.61. The topological polar surface area (TPSA) is 57.6 Å². The van der Waals surface area contributed by atoms with Crippen LogP contribution in [0.5, 0.6) is 0 Å². The molecule has 1 aliphatic heterocycles. The Kier molecular flexibility index (Phi) is 5.08. The Morgan fingerprint density at radius 1 is 1.33 bits per heavy atom. The summed E-state index contributed by atoms with van der Waals surface area (Å²) in [7, 11) is 0. The summed E-state index contributed by atoms with van der Waals surface area (Å²) in [5.41, 5.74) is 0. The van der Waals surface area contributed by atoms with Gasteiger partial charge in [-0.15, -0.1) is 11.8 Å². The number of hydrogen-bond donors (Lipinski definition) is 1. The Morgan fingerprint density at radius 3 is 2.44 bits per heavy atom. The van der Waals surface area contributed by atoms with Crippen molar-refractivity contribution in [2.24, 2.45) is 5.92 Å². The number of aliphatic carboxylic acids is 1. The maximum Gasteiger partial charge on any atom is 0.308 e. The van der Waals surface area contributed by atoms with E-state index in [1.54, 1.807) is 16.7 Å². The lowest BCUT2D eigenvalue weighted by Gasteiger charge is -2.37. The second kappa shape index (κ2) is 5.95. The zero-order chi connectivity index (χ0) is 13.9. The molecule has 18 heavy (non-hydrogen) atoms. The van der Waals surface area contributed by atoms with Gasteiger partial charge < -0.3 is 10.0 Å². The fourth-order valence-electron chi connectivity index (χ4n) is 2.02. The highest BCUT2D eigenvalue weighted by atomic mass is 32.2. The van der Waals surface area contributed by atoms with Gasteiger partial charge in [0.25, 0.3) is 0 Å². The summed E-state index contributed by atoms with van der Waals surface area (Å²) in [6.07, 6.45) is 1.45. The third-order valence-electron chi connectivity index (χ3n) is 3.18. The number of amides is 1. The third kappa shape index (κ3) is 4.52. The largest absolute Gasteiger partial charge is 0.481 e. The smallest absolute Gasteiger partial charge is 0.308 e. The van der Waals surface area contributed by atoms with E-state index in [2.05, 4.69) is 20.8 Å². The number of piperidine rings is 1. The van der Waals surface area contributed by atoms with E-state index in [4.69, 9.17) is 5.11 Å². The van der Waals surface area contributed by atoms with Crippen molar-refractivity contribution in [1.82, 2.24) is 4.90 Å². The predicted octanol–water partition coefficient (Wildman–Crippen LogP) is 2.23. The summed E-state index contributed by atoms with van der Waals surface area (Å²) in [6, 6.07) is 0.161. The molecule has 0 saturated carbocycles. The van der Waals surface area contributed by atoms with Gasteiger partial charge in [0.2, 0.25) is 5.91 Å². The fraction of sp³-hybridized carbons (Fsp3) is 0.846. The van der Waals surface area contributed by atoms with Crippen molar-refractivity contribution in [2.75, 3.05) is 12.3 Å². The van der Waals surface area contributed by atoms with Crippen LogP contribution in [-0.2, 0) is 9.59 Å². The maximum absolute atomic E-state index is 12.1. The zero-order valence-electron chi connectivity index (χ0n) is 11.6. The molecule has 0 bridgehead atoms. The number of carbonyl (C=O) groups is 2. The van der Waals surface area contributed by atoms with Crippen molar-refractivity contribution in [1.29, 1.82) is 0 Å². The maximum atomic E-state index is 12.1. The zero-order valence-corrected chi connectivity index (χ0v) is 12.4. The van der Waals surface area contributed by atoms with Crippen molar-refractivity contribution in [2.45, 2.75) is 51.3 Å². The molecule has 2 unspecified atom stereocenters. The van der Waals surface area contributed by atoms with Crippen LogP contribution < -0.4 is 0 Å². The number of carbonyl (C=O) groups excluding carboxylic acids is 1. The standard InChI is InChI=1S/C13H23NO3S/c1-9-5-6-10(12(16)17)7-14(9)11(15)8-18-13(2,3)4/h9-10H,5-8H2,1-4H3,(H,16,17). The molecule has 5 heteroatoms. The van der Waals surface area contributed by atoms with Crippen molar-refractivity contribution < 1.29 is 14.7 Å². The van der Waals surface area contributed by atoms with Crippen LogP contribution in [0.4, 0.5) is 0 Å². The van der Waals surface area contributed by atoms with Gasteiger partial charge in [-0.3, -0.25) is 9.59 Å². The second-order valence-corrected chi connectivity index (χ2v) is 7.71. The molecule has 104 valence electrons. The van der Waals surface area contributed by atoms with Crippen LogP contribution in [0.2, 0.25) is 0 Å². The van der Waals surface area contributed by atoms with Gasteiger partial charge in [0.05, 0.1) is 11.7 Å². The highest BCUT2D eigenvalue weighted by molar-refractivity contribution is 8.01. The van der Waals surface area contributed by atoms with Crippen LogP contribution >= 0.6 is 11.8 Å². The molecular formula is C13H23NO3S. The lowest BCUT2D eigenvalue weighted by atomic mass is 9.93. The average molecular weight is 273 g/mol. The first-order chi connectivity index (χ1) is 8.20. The van der Waals surface area contributed by atoms with Gasteiger partial charge in [-0.1, -0.05) is 20.8 Å². The molecule has 0 aromatic carbocycles. The highest BCUT2D eigenvalue weighted by Crippen LogP contribution is 2.26. The summed E-state index contributed by atoms with van der Waals surface area (Å²) in [5.74, 6) is -0.693. The molecule has 4 nitrogen and oxygen atoms in total. The summed E-state index contributed by atoms with van der Waals surface area (Å²) in [6.45, 7) is 8.58. The van der Waals surface area contributed by atoms with Gasteiger partial charge >= 0.3 is 5.97 Å². The Morgan fingerprint density at radius 2 is 1.94 bits per heavy atom. The molecule has 1 saturated heterocycles. The minimum atomic E-state index is -0.789. The lowest BCUT2D eigenvalue weighted by Crippen LogP contribution is -2.48. The van der Waals surface area contributed by atoms with Crippen LogP contribution in [0, 0.1) is 5.92 Å². The number of likely N-dealkylation sites (tertiary alicyclic amines) is 1. The Hall–Kier alpha value is -0.710. The molecule has 0 spiro atoms. The van der Waals surface area contributed by atoms with Gasteiger partial charge in [0, 0.05) is 17.3 Å². The van der Waals surface area contributed by atoms with Gasteiger partial charge in [0.1, 0.15) is 0 Å². The van der Waals surface area contributed by atoms with Crippen molar-refractivity contribution in [3.8, 4) is 0 Å². The lowest BCUT2D eigenvalue weighted by molar-refractivity contribution is -0.146. The molecule has 0 aromatic rings. The number of hydrogen-bond acceptors (Lipinski definition) is 3. The second-order valence-electron chi connectivity index (χ2n) is 5.91. The van der Waals surface area contributed by atoms with Crippen LogP contribution in [-0.4, -0.2) is 45.0 Å². The molecule has 0 radical (unpaired) electrons. The van der Waals surface area contributed by atoms with Gasteiger partial charge in [0.15, 0.2) is 0 Å². The molecule has 1 amide bonds. The van der Waals surface area contributed by atoms with E-state index in [9.17, 15) is 9.59 Å². The normalized spacial score (nSPS) is 25.0. The number of rotatable bonds is 3. The quantitative estimate of drug-likeness (QED) is 0.856. The van der Waals surface area contributed by atoms with E-state index in [1.807, 2.05) is 6.92 Å². The first-order valence-electron chi connectivity index (χ1n) is 6.37. The van der Waals surface area contributed by atoms with Crippen molar-refractivity contribution >= 4 is 23.6 Å². The Balaban J connectivity index is 2.57. The monoisotopic (exact) mass is 273 g/mol. The molecule has 1 heterocycles. The van der Waals surface area contributed by atoms with E-state index >= 15 is 0 Å². The number of thioether (sulfide) groups is 1. The molecule has 1 aliphatic rings. The molecule has 1 N–H and O–H groups in total. The summed E-state index contributed by atoms with van der Waals surface area (Å²) in [4.78, 5) is 24.9. The first-order valence-corrected chi connectivity index (χ1v) is 7.35. The molecular weight excluding hydrogens is 250 g/mol. The minimum Gasteiger partial charge on any atom is -0.481 e. The van der Waals surface area contributed by atoms with Gasteiger partial charge in [-0.2, -0.15) is 0 Å². The van der Waals surface area contributed by atoms with Crippen LogP contribution in [0.3, 0.4) is 0 Å². The fourth-order valence-corrected chi connectivity index (χ4v) is 2.74. The van der Waals surface area contributed by atoms with E-state index in [0.29, 0.717) is 18.7 Å².